The van der Waals surface area contributed by atoms with Gasteiger partial charge in [-0.2, -0.15) is 0 Å². The summed E-state index contributed by atoms with van der Waals surface area (Å²) in [7, 11) is 0. The van der Waals surface area contributed by atoms with Crippen molar-refractivity contribution in [2.45, 2.75) is 0 Å². The van der Waals surface area contributed by atoms with Crippen LogP contribution in [0.1, 0.15) is 0 Å². The molecule has 0 unspecified atom stereocenters. The highest BCUT2D eigenvalue weighted by atomic mass is 16.5. The summed E-state index contributed by atoms with van der Waals surface area (Å²) in [4.78, 5) is 12.5. The molecule has 1 fully saturated rings. The van der Waals surface area contributed by atoms with E-state index in [-0.39, 0.29) is 0 Å². The minimum absolute atomic E-state index is 0.395. The minimum atomic E-state index is -0.396. The summed E-state index contributed by atoms with van der Waals surface area (Å²) in [6.07, 6.45) is 0. The van der Waals surface area contributed by atoms with E-state index in [9.17, 15) is 4.79 Å². The van der Waals surface area contributed by atoms with Crippen LogP contribution in [0.2, 0.25) is 0 Å². The maximum absolute atomic E-state index is 11.0. The molecule has 1 heterocycles. The van der Waals surface area contributed by atoms with Gasteiger partial charge in [0.15, 0.2) is 5.84 Å². The van der Waals surface area contributed by atoms with Crippen molar-refractivity contribution in [2.75, 3.05) is 26.3 Å². The number of hydrogen-bond donors (Lipinski definition) is 2. The van der Waals surface area contributed by atoms with Crippen molar-refractivity contribution in [1.82, 2.24) is 4.90 Å². The lowest BCUT2D eigenvalue weighted by atomic mass is 10.4. The highest BCUT2D eigenvalue weighted by Crippen LogP contribution is 1.96. The summed E-state index contributed by atoms with van der Waals surface area (Å²) in [6.45, 7) is 2.16. The van der Waals surface area contributed by atoms with Crippen LogP contribution in [0, 0.1) is 5.41 Å². The molecule has 1 saturated heterocycles. The average molecular weight is 157 g/mol. The largest absolute Gasteiger partial charge is 0.380 e. The lowest BCUT2D eigenvalue weighted by Gasteiger charge is -2.25. The number of amidine groups is 1. The molecule has 1 rings (SSSR count). The van der Waals surface area contributed by atoms with Crippen LogP contribution in [-0.2, 0) is 9.53 Å². The fraction of sp³-hybridized carbons (Fsp3) is 0.667. The van der Waals surface area contributed by atoms with Crippen molar-refractivity contribution in [1.29, 1.82) is 5.41 Å². The number of rotatable bonds is 0. The van der Waals surface area contributed by atoms with Gasteiger partial charge >= 0.3 is 0 Å². The first-order valence-electron chi connectivity index (χ1n) is 3.43. The molecule has 5 nitrogen and oxygen atoms in total. The van der Waals surface area contributed by atoms with E-state index in [1.54, 1.807) is 0 Å². The molecule has 0 atom stereocenters. The van der Waals surface area contributed by atoms with E-state index in [4.69, 9.17) is 15.9 Å². The second-order valence-corrected chi connectivity index (χ2v) is 2.32. The van der Waals surface area contributed by atoms with E-state index in [0.717, 1.165) is 0 Å². The molecule has 1 amide bonds. The van der Waals surface area contributed by atoms with E-state index < -0.39 is 11.7 Å². The monoisotopic (exact) mass is 157 g/mol. The standard InChI is InChI=1S/C6H11N3O2/c7-5(8)6(10)9-1-3-11-4-2-9/h1-4H2,(H3,7,8). The quantitative estimate of drug-likeness (QED) is 0.342. The Balaban J connectivity index is 2.45. The zero-order valence-corrected chi connectivity index (χ0v) is 6.17. The molecule has 1 aliphatic heterocycles. The minimum Gasteiger partial charge on any atom is -0.380 e. The summed E-state index contributed by atoms with van der Waals surface area (Å²) in [5.41, 5.74) is 5.02. The third-order valence-corrected chi connectivity index (χ3v) is 1.53. The van der Waals surface area contributed by atoms with E-state index in [1.165, 1.54) is 4.90 Å². The van der Waals surface area contributed by atoms with Crippen molar-refractivity contribution in [3.05, 3.63) is 0 Å². The zero-order chi connectivity index (χ0) is 8.27. The lowest BCUT2D eigenvalue weighted by molar-refractivity contribution is -0.128. The number of nitrogens with two attached hydrogens (primary N) is 1. The first-order chi connectivity index (χ1) is 5.22. The Hall–Kier alpha value is -1.10. The molecule has 0 saturated carbocycles. The van der Waals surface area contributed by atoms with Gasteiger partial charge in [0.25, 0.3) is 5.91 Å². The number of carbonyl (C=O) groups excluding carboxylic acids is 1. The Morgan fingerprint density at radius 1 is 1.45 bits per heavy atom. The van der Waals surface area contributed by atoms with E-state index >= 15 is 0 Å². The number of amides is 1. The highest BCUT2D eigenvalue weighted by molar-refractivity contribution is 6.35. The maximum atomic E-state index is 11.0. The Bertz CT molecular complexity index is 175. The molecule has 5 heteroatoms. The predicted molar refractivity (Wildman–Crippen MR) is 39.3 cm³/mol. The fourth-order valence-electron chi connectivity index (χ4n) is 0.937. The van der Waals surface area contributed by atoms with Gasteiger partial charge in [-0.3, -0.25) is 10.2 Å². The molecular weight excluding hydrogens is 146 g/mol. The summed E-state index contributed by atoms with van der Waals surface area (Å²) >= 11 is 0. The molecule has 0 aliphatic carbocycles. The maximum Gasteiger partial charge on any atom is 0.288 e. The topological polar surface area (TPSA) is 79.4 Å². The molecule has 0 spiro atoms. The van der Waals surface area contributed by atoms with E-state index in [0.29, 0.717) is 26.3 Å². The van der Waals surface area contributed by atoms with Gasteiger partial charge in [0.1, 0.15) is 0 Å². The fourth-order valence-corrected chi connectivity index (χ4v) is 0.937. The average Bonchev–Trinajstić information content (AvgIpc) is 2.05. The lowest BCUT2D eigenvalue weighted by Crippen LogP contribution is -2.46. The van der Waals surface area contributed by atoms with Gasteiger partial charge in [-0.1, -0.05) is 0 Å². The Morgan fingerprint density at radius 3 is 2.45 bits per heavy atom. The van der Waals surface area contributed by atoms with Gasteiger partial charge in [-0.15, -0.1) is 0 Å². The second-order valence-electron chi connectivity index (χ2n) is 2.32. The van der Waals surface area contributed by atoms with E-state index in [1.807, 2.05) is 0 Å². The number of hydrogen-bond acceptors (Lipinski definition) is 3. The van der Waals surface area contributed by atoms with Crippen LogP contribution in [0.5, 0.6) is 0 Å². The molecule has 11 heavy (non-hydrogen) atoms. The number of morpholine rings is 1. The predicted octanol–water partition coefficient (Wildman–Crippen LogP) is -1.22. The summed E-state index contributed by atoms with van der Waals surface area (Å²) < 4.78 is 5.02. The summed E-state index contributed by atoms with van der Waals surface area (Å²) in [6, 6.07) is 0. The van der Waals surface area contributed by atoms with Crippen LogP contribution >= 0.6 is 0 Å². The summed E-state index contributed by atoms with van der Waals surface area (Å²) in [5, 5.41) is 6.88. The molecule has 0 aromatic carbocycles. The summed E-state index contributed by atoms with van der Waals surface area (Å²) in [5.74, 6) is -0.791. The molecule has 0 radical (unpaired) electrons. The van der Waals surface area contributed by atoms with Gasteiger partial charge in [0, 0.05) is 13.1 Å². The Labute approximate surface area is 64.6 Å². The zero-order valence-electron chi connectivity index (χ0n) is 6.17. The van der Waals surface area contributed by atoms with Gasteiger partial charge < -0.3 is 15.4 Å². The van der Waals surface area contributed by atoms with Gasteiger partial charge in [-0.25, -0.2) is 0 Å². The molecule has 0 aromatic heterocycles. The van der Waals surface area contributed by atoms with Gasteiger partial charge in [0.05, 0.1) is 13.2 Å². The normalized spacial score (nSPS) is 18.0. The van der Waals surface area contributed by atoms with Crippen LogP contribution in [0.15, 0.2) is 0 Å². The molecule has 3 N–H and O–H groups in total. The first kappa shape index (κ1) is 8.00. The van der Waals surface area contributed by atoms with Crippen molar-refractivity contribution in [3.63, 3.8) is 0 Å². The van der Waals surface area contributed by atoms with Gasteiger partial charge in [0.2, 0.25) is 0 Å². The van der Waals surface area contributed by atoms with Crippen molar-refractivity contribution in [3.8, 4) is 0 Å². The number of ether oxygens (including phenoxy) is 1. The van der Waals surface area contributed by atoms with Crippen LogP contribution in [0.4, 0.5) is 0 Å². The number of carbonyl (C=O) groups is 1. The number of nitrogens with zero attached hydrogens (tertiary/aromatic N) is 1. The van der Waals surface area contributed by atoms with Crippen molar-refractivity contribution >= 4 is 11.7 Å². The molecule has 0 aromatic rings. The third-order valence-electron chi connectivity index (χ3n) is 1.53. The van der Waals surface area contributed by atoms with Gasteiger partial charge in [-0.05, 0) is 0 Å². The second kappa shape index (κ2) is 3.34. The van der Waals surface area contributed by atoms with E-state index in [2.05, 4.69) is 0 Å². The molecular formula is C6H11N3O2. The highest BCUT2D eigenvalue weighted by Gasteiger charge is 2.18. The first-order valence-corrected chi connectivity index (χ1v) is 3.43. The number of nitrogens with one attached hydrogen (secondary N) is 1. The third kappa shape index (κ3) is 1.91. The van der Waals surface area contributed by atoms with Crippen LogP contribution in [0.3, 0.4) is 0 Å². The van der Waals surface area contributed by atoms with Crippen LogP contribution in [-0.4, -0.2) is 42.9 Å². The molecule has 0 bridgehead atoms. The van der Waals surface area contributed by atoms with Crippen molar-refractivity contribution in [2.24, 2.45) is 5.73 Å². The molecule has 62 valence electrons. The smallest absolute Gasteiger partial charge is 0.288 e. The van der Waals surface area contributed by atoms with Crippen LogP contribution in [0.25, 0.3) is 0 Å². The SMILES string of the molecule is N=C(N)C(=O)N1CCOCC1. The molecule has 1 aliphatic rings. The van der Waals surface area contributed by atoms with Crippen molar-refractivity contribution < 1.29 is 9.53 Å². The Morgan fingerprint density at radius 2 is 2.00 bits per heavy atom. The Kier molecular flexibility index (Phi) is 2.43. The van der Waals surface area contributed by atoms with Crippen LogP contribution < -0.4 is 5.73 Å².